The van der Waals surface area contributed by atoms with E-state index in [0.717, 1.165) is 35.1 Å². The van der Waals surface area contributed by atoms with Crippen molar-refractivity contribution in [2.45, 2.75) is 13.3 Å². The summed E-state index contributed by atoms with van der Waals surface area (Å²) in [7, 11) is 2.06. The van der Waals surface area contributed by atoms with Crippen LogP contribution in [0.3, 0.4) is 0 Å². The molecular formula is C23H23N3OS2. The minimum Gasteiger partial charge on any atom is -0.492 e. The fourth-order valence-electron chi connectivity index (χ4n) is 3.04. The van der Waals surface area contributed by atoms with Gasteiger partial charge in [0.15, 0.2) is 5.13 Å². The van der Waals surface area contributed by atoms with Crippen molar-refractivity contribution in [1.82, 2.24) is 9.97 Å². The third-order valence-electron chi connectivity index (χ3n) is 4.64. The SMILES string of the molecule is Cc1sc(N(C)CCOc2ccc(Cc3cncs3)cc2)nc1-c1ccccc1. The molecule has 0 fully saturated rings. The van der Waals surface area contributed by atoms with Crippen molar-refractivity contribution < 1.29 is 4.74 Å². The maximum absolute atomic E-state index is 5.94. The number of ether oxygens (including phenoxy) is 1. The van der Waals surface area contributed by atoms with Crippen LogP contribution in [0.25, 0.3) is 11.3 Å². The number of anilines is 1. The highest BCUT2D eigenvalue weighted by Crippen LogP contribution is 2.31. The van der Waals surface area contributed by atoms with Crippen molar-refractivity contribution in [2.24, 2.45) is 0 Å². The Hall–Kier alpha value is -2.70. The van der Waals surface area contributed by atoms with Gasteiger partial charge >= 0.3 is 0 Å². The molecule has 2 heterocycles. The second-order valence-corrected chi connectivity index (χ2v) is 8.98. The Morgan fingerprint density at radius 1 is 1.03 bits per heavy atom. The lowest BCUT2D eigenvalue weighted by Gasteiger charge is -2.16. The maximum atomic E-state index is 5.94. The van der Waals surface area contributed by atoms with Crippen molar-refractivity contribution in [3.8, 4) is 17.0 Å². The predicted molar refractivity (Wildman–Crippen MR) is 122 cm³/mol. The lowest BCUT2D eigenvalue weighted by molar-refractivity contribution is 0.326. The highest BCUT2D eigenvalue weighted by atomic mass is 32.1. The smallest absolute Gasteiger partial charge is 0.185 e. The van der Waals surface area contributed by atoms with Gasteiger partial charge in [-0.25, -0.2) is 4.98 Å². The molecule has 0 saturated heterocycles. The summed E-state index contributed by atoms with van der Waals surface area (Å²) in [6.45, 7) is 3.52. The average Bonchev–Trinajstić information content (AvgIpc) is 3.39. The highest BCUT2D eigenvalue weighted by molar-refractivity contribution is 7.16. The Kier molecular flexibility index (Phi) is 6.22. The molecule has 0 spiro atoms. The summed E-state index contributed by atoms with van der Waals surface area (Å²) in [5, 5.41) is 1.02. The topological polar surface area (TPSA) is 38.2 Å². The zero-order valence-corrected chi connectivity index (χ0v) is 18.2. The van der Waals surface area contributed by atoms with Crippen LogP contribution in [0, 0.1) is 6.92 Å². The maximum Gasteiger partial charge on any atom is 0.185 e. The molecule has 0 aliphatic carbocycles. The Balaban J connectivity index is 1.30. The highest BCUT2D eigenvalue weighted by Gasteiger charge is 2.12. The predicted octanol–water partition coefficient (Wildman–Crippen LogP) is 5.68. The van der Waals surface area contributed by atoms with Crippen LogP contribution in [0.5, 0.6) is 5.75 Å². The lowest BCUT2D eigenvalue weighted by atomic mass is 10.1. The first-order valence-corrected chi connectivity index (χ1v) is 11.2. The van der Waals surface area contributed by atoms with Crippen LogP contribution < -0.4 is 9.64 Å². The summed E-state index contributed by atoms with van der Waals surface area (Å²) in [5.41, 5.74) is 5.37. The monoisotopic (exact) mass is 421 g/mol. The summed E-state index contributed by atoms with van der Waals surface area (Å²) in [6, 6.07) is 18.7. The van der Waals surface area contributed by atoms with Crippen LogP contribution in [-0.4, -0.2) is 30.2 Å². The first kappa shape index (κ1) is 19.6. The molecule has 0 bridgehead atoms. The minimum absolute atomic E-state index is 0.615. The molecule has 4 rings (SSSR count). The van der Waals surface area contributed by atoms with Crippen LogP contribution in [0.2, 0.25) is 0 Å². The number of thiazole rings is 2. The number of hydrogen-bond donors (Lipinski definition) is 0. The molecule has 0 radical (unpaired) electrons. The Bertz CT molecular complexity index is 1030. The van der Waals surface area contributed by atoms with Gasteiger partial charge in [0.1, 0.15) is 12.4 Å². The molecule has 6 heteroatoms. The zero-order chi connectivity index (χ0) is 20.1. The van der Waals surface area contributed by atoms with Crippen LogP contribution in [0.1, 0.15) is 15.3 Å². The van der Waals surface area contributed by atoms with Crippen LogP contribution >= 0.6 is 22.7 Å². The second-order valence-electron chi connectivity index (χ2n) is 6.83. The van der Waals surface area contributed by atoms with E-state index >= 15 is 0 Å². The van der Waals surface area contributed by atoms with Crippen molar-refractivity contribution in [3.63, 3.8) is 0 Å². The number of rotatable bonds is 8. The molecule has 0 saturated carbocycles. The van der Waals surface area contributed by atoms with Gasteiger partial charge in [-0.3, -0.25) is 4.98 Å². The first-order valence-electron chi connectivity index (χ1n) is 9.52. The molecular weight excluding hydrogens is 398 g/mol. The van der Waals surface area contributed by atoms with Crippen molar-refractivity contribution >= 4 is 27.8 Å². The summed E-state index contributed by atoms with van der Waals surface area (Å²) in [4.78, 5) is 13.6. The van der Waals surface area contributed by atoms with Gasteiger partial charge in [-0.1, -0.05) is 42.5 Å². The average molecular weight is 422 g/mol. The van der Waals surface area contributed by atoms with E-state index in [1.54, 1.807) is 22.7 Å². The second kappa shape index (κ2) is 9.20. The van der Waals surface area contributed by atoms with Gasteiger partial charge in [-0.05, 0) is 24.6 Å². The Labute approximate surface area is 179 Å². The van der Waals surface area contributed by atoms with Gasteiger partial charge in [0.25, 0.3) is 0 Å². The normalized spacial score (nSPS) is 10.8. The minimum atomic E-state index is 0.615. The van der Waals surface area contributed by atoms with Crippen molar-refractivity contribution in [3.05, 3.63) is 81.6 Å². The van der Waals surface area contributed by atoms with Crippen molar-refractivity contribution in [2.75, 3.05) is 25.1 Å². The number of nitrogens with zero attached hydrogens (tertiary/aromatic N) is 3. The van der Waals surface area contributed by atoms with Crippen LogP contribution in [0.4, 0.5) is 5.13 Å². The van der Waals surface area contributed by atoms with E-state index in [4.69, 9.17) is 9.72 Å². The molecule has 4 nitrogen and oxygen atoms in total. The van der Waals surface area contributed by atoms with Crippen LogP contribution in [0.15, 0.2) is 66.3 Å². The van der Waals surface area contributed by atoms with E-state index in [1.165, 1.54) is 15.3 Å². The quantitative estimate of drug-likeness (QED) is 0.367. The number of hydrogen-bond acceptors (Lipinski definition) is 6. The molecule has 148 valence electrons. The van der Waals surface area contributed by atoms with Gasteiger partial charge in [0, 0.05) is 35.0 Å². The molecule has 29 heavy (non-hydrogen) atoms. The van der Waals surface area contributed by atoms with E-state index < -0.39 is 0 Å². The standard InChI is InChI=1S/C23H23N3OS2/c1-17-22(19-6-4-3-5-7-19)25-23(29-17)26(2)12-13-27-20-10-8-18(9-11-20)14-21-15-24-16-28-21/h3-11,15-16H,12-14H2,1-2H3. The Morgan fingerprint density at radius 2 is 1.83 bits per heavy atom. The van der Waals surface area contributed by atoms with Gasteiger partial charge in [0.2, 0.25) is 0 Å². The van der Waals surface area contributed by atoms with Gasteiger partial charge in [-0.15, -0.1) is 22.7 Å². The number of likely N-dealkylation sites (N-methyl/N-ethyl adjacent to an activating group) is 1. The molecule has 2 aromatic carbocycles. The van der Waals surface area contributed by atoms with Crippen LogP contribution in [-0.2, 0) is 6.42 Å². The summed E-state index contributed by atoms with van der Waals surface area (Å²) < 4.78 is 5.94. The van der Waals surface area contributed by atoms with E-state index in [0.29, 0.717) is 6.61 Å². The summed E-state index contributed by atoms with van der Waals surface area (Å²) in [5.74, 6) is 0.895. The zero-order valence-electron chi connectivity index (χ0n) is 16.5. The molecule has 0 aliphatic rings. The first-order chi connectivity index (χ1) is 14.2. The van der Waals surface area contributed by atoms with E-state index in [-0.39, 0.29) is 0 Å². The third-order valence-corrected chi connectivity index (χ3v) is 6.50. The van der Waals surface area contributed by atoms with E-state index in [2.05, 4.69) is 48.1 Å². The largest absolute Gasteiger partial charge is 0.492 e. The number of aromatic nitrogens is 2. The Morgan fingerprint density at radius 3 is 2.55 bits per heavy atom. The fourth-order valence-corrected chi connectivity index (χ4v) is 4.59. The molecule has 0 N–H and O–H groups in total. The molecule has 0 aliphatic heterocycles. The molecule has 0 atom stereocenters. The molecule has 4 aromatic rings. The molecule has 0 unspecified atom stereocenters. The molecule has 2 aromatic heterocycles. The molecule has 0 amide bonds. The van der Waals surface area contributed by atoms with Crippen molar-refractivity contribution in [1.29, 1.82) is 0 Å². The number of benzene rings is 2. The lowest BCUT2D eigenvalue weighted by Crippen LogP contribution is -2.23. The van der Waals surface area contributed by atoms with Gasteiger partial charge in [-0.2, -0.15) is 0 Å². The number of aryl methyl sites for hydroxylation is 1. The summed E-state index contributed by atoms with van der Waals surface area (Å²) >= 11 is 3.41. The van der Waals surface area contributed by atoms with E-state index in [1.807, 2.05) is 42.0 Å². The summed E-state index contributed by atoms with van der Waals surface area (Å²) in [6.07, 6.45) is 2.84. The van der Waals surface area contributed by atoms with Gasteiger partial charge < -0.3 is 9.64 Å². The third kappa shape index (κ3) is 5.02. The fraction of sp³-hybridized carbons (Fsp3) is 0.217. The van der Waals surface area contributed by atoms with E-state index in [9.17, 15) is 0 Å². The van der Waals surface area contributed by atoms with Gasteiger partial charge in [0.05, 0.1) is 17.7 Å².